The summed E-state index contributed by atoms with van der Waals surface area (Å²) in [5, 5.41) is 20.1. The predicted octanol–water partition coefficient (Wildman–Crippen LogP) is 8.12. The van der Waals surface area contributed by atoms with Gasteiger partial charge in [-0.15, -0.1) is 0 Å². The van der Waals surface area contributed by atoms with Gasteiger partial charge in [0.15, 0.2) is 0 Å². The van der Waals surface area contributed by atoms with Crippen LogP contribution in [0.5, 0.6) is 11.5 Å². The Morgan fingerprint density at radius 1 is 0.776 bits per heavy atom. The van der Waals surface area contributed by atoms with Crippen LogP contribution in [-0.4, -0.2) is 56.6 Å². The van der Waals surface area contributed by atoms with Crippen LogP contribution in [0.2, 0.25) is 0 Å². The molecule has 0 amide bonds. The van der Waals surface area contributed by atoms with Crippen molar-refractivity contribution in [3.8, 4) is 11.5 Å². The lowest BCUT2D eigenvalue weighted by Gasteiger charge is -2.16. The number of ether oxygens (including phenoxy) is 4. The number of fused-ring (bicyclic) bond motifs is 1. The lowest BCUT2D eigenvalue weighted by Crippen LogP contribution is -2.08. The second kappa shape index (κ2) is 19.5. The van der Waals surface area contributed by atoms with E-state index in [1.165, 1.54) is 13.2 Å². The Balaban J connectivity index is 1.31. The van der Waals surface area contributed by atoms with Gasteiger partial charge in [-0.25, -0.2) is 14.5 Å². The second-order valence-corrected chi connectivity index (χ2v) is 11.1. The summed E-state index contributed by atoms with van der Waals surface area (Å²) in [5.41, 5.74) is 3.46. The van der Waals surface area contributed by atoms with E-state index in [0.29, 0.717) is 36.7 Å². The molecule has 0 aromatic heterocycles. The molecule has 4 aromatic carbocycles. The standard InChI is InChI=1S/C39H42N2O8/c1-4-20-48-39(43)35-24-29(11-19-36(35)45-3)27-41-40-26-28-10-12-32-25-33(14-13-31(32)23-28)38(49-44)30-15-17-34(18-16-30)46-21-8-6-7-9-22-47-37(42)5-2/h5,10-19,23-27,38,44H,2,4,6-9,20-22H2,1,3H3/b40-26+,41-27+. The van der Waals surface area contributed by atoms with Gasteiger partial charge in [0, 0.05) is 6.08 Å². The highest BCUT2D eigenvalue weighted by atomic mass is 17.1. The van der Waals surface area contributed by atoms with Gasteiger partial charge in [0.1, 0.15) is 23.2 Å². The Morgan fingerprint density at radius 2 is 1.43 bits per heavy atom. The van der Waals surface area contributed by atoms with E-state index in [1.807, 2.05) is 67.6 Å². The summed E-state index contributed by atoms with van der Waals surface area (Å²) >= 11 is 0. The third-order valence-corrected chi connectivity index (χ3v) is 7.56. The minimum Gasteiger partial charge on any atom is -0.496 e. The van der Waals surface area contributed by atoms with E-state index in [9.17, 15) is 14.8 Å². The molecule has 10 nitrogen and oxygen atoms in total. The zero-order chi connectivity index (χ0) is 34.8. The van der Waals surface area contributed by atoms with E-state index in [-0.39, 0.29) is 0 Å². The number of rotatable bonds is 19. The maximum Gasteiger partial charge on any atom is 0.341 e. The molecule has 0 heterocycles. The number of hydrogen-bond donors (Lipinski definition) is 1. The Morgan fingerprint density at radius 3 is 2.12 bits per heavy atom. The third kappa shape index (κ3) is 11.1. The molecule has 0 aliphatic carbocycles. The molecular formula is C39H42N2O8. The SMILES string of the molecule is C=CC(=O)OCCCCCCOc1ccc(C(OO)c2ccc3cc(/C=N/N=C/c4ccc(OC)c(C(=O)OCCC)c4)ccc3c2)cc1. The number of methoxy groups -OCH3 is 1. The summed E-state index contributed by atoms with van der Waals surface area (Å²) < 4.78 is 21.4. The van der Waals surface area contributed by atoms with Crippen LogP contribution in [0.4, 0.5) is 0 Å². The van der Waals surface area contributed by atoms with Crippen molar-refractivity contribution in [3.63, 3.8) is 0 Å². The number of carbonyl (C=O) groups is 2. The zero-order valence-corrected chi connectivity index (χ0v) is 27.9. The molecule has 1 atom stereocenters. The number of benzene rings is 4. The van der Waals surface area contributed by atoms with Crippen LogP contribution in [0.3, 0.4) is 0 Å². The van der Waals surface area contributed by atoms with Crippen molar-refractivity contribution < 1.29 is 38.7 Å². The lowest BCUT2D eigenvalue weighted by molar-refractivity contribution is -0.270. The molecular weight excluding hydrogens is 624 g/mol. The molecule has 4 aromatic rings. The second-order valence-electron chi connectivity index (χ2n) is 11.1. The molecule has 1 unspecified atom stereocenters. The van der Waals surface area contributed by atoms with Gasteiger partial charge >= 0.3 is 11.9 Å². The normalized spacial score (nSPS) is 11.9. The molecule has 0 bridgehead atoms. The highest BCUT2D eigenvalue weighted by Gasteiger charge is 2.16. The highest BCUT2D eigenvalue weighted by molar-refractivity contribution is 5.95. The Labute approximate surface area is 286 Å². The maximum absolute atomic E-state index is 12.4. The fourth-order valence-corrected chi connectivity index (χ4v) is 5.00. The first kappa shape index (κ1) is 36.5. The molecule has 0 saturated carbocycles. The van der Waals surface area contributed by atoms with Gasteiger partial charge < -0.3 is 18.9 Å². The van der Waals surface area contributed by atoms with E-state index in [0.717, 1.165) is 65.3 Å². The van der Waals surface area contributed by atoms with Gasteiger partial charge in [-0.05, 0) is 108 Å². The molecule has 256 valence electrons. The zero-order valence-electron chi connectivity index (χ0n) is 27.9. The third-order valence-electron chi connectivity index (χ3n) is 7.56. The summed E-state index contributed by atoms with van der Waals surface area (Å²) in [4.78, 5) is 28.4. The average molecular weight is 667 g/mol. The molecule has 4 rings (SSSR count). The van der Waals surface area contributed by atoms with Crippen molar-refractivity contribution in [2.75, 3.05) is 26.9 Å². The number of carbonyl (C=O) groups excluding carboxylic acids is 2. The van der Waals surface area contributed by atoms with Crippen molar-refractivity contribution in [1.82, 2.24) is 0 Å². The molecule has 0 radical (unpaired) electrons. The first-order valence-corrected chi connectivity index (χ1v) is 16.2. The van der Waals surface area contributed by atoms with Crippen molar-refractivity contribution in [2.45, 2.75) is 45.1 Å². The van der Waals surface area contributed by atoms with E-state index in [1.54, 1.807) is 30.6 Å². The minimum absolute atomic E-state index is 0.333. The van der Waals surface area contributed by atoms with E-state index in [2.05, 4.69) is 16.8 Å². The average Bonchev–Trinajstić information content (AvgIpc) is 3.14. The van der Waals surface area contributed by atoms with Crippen molar-refractivity contribution in [3.05, 3.63) is 119 Å². The topological polar surface area (TPSA) is 125 Å². The first-order chi connectivity index (χ1) is 23.9. The van der Waals surface area contributed by atoms with E-state index >= 15 is 0 Å². The van der Waals surface area contributed by atoms with Crippen LogP contribution in [0.25, 0.3) is 10.8 Å². The van der Waals surface area contributed by atoms with Gasteiger partial charge in [0.25, 0.3) is 0 Å². The molecule has 0 fully saturated rings. The smallest absolute Gasteiger partial charge is 0.341 e. The Bertz CT molecular complexity index is 1750. The van der Waals surface area contributed by atoms with E-state index in [4.69, 9.17) is 23.8 Å². The van der Waals surface area contributed by atoms with Crippen molar-refractivity contribution >= 4 is 35.1 Å². The number of nitrogens with zero attached hydrogens (tertiary/aromatic N) is 2. The number of hydrogen-bond acceptors (Lipinski definition) is 10. The van der Waals surface area contributed by atoms with E-state index < -0.39 is 18.0 Å². The Hall–Kier alpha value is -5.32. The Kier molecular flexibility index (Phi) is 14.5. The molecule has 49 heavy (non-hydrogen) atoms. The molecule has 1 N–H and O–H groups in total. The molecule has 0 aliphatic heterocycles. The summed E-state index contributed by atoms with van der Waals surface area (Å²) in [6, 6.07) is 24.4. The summed E-state index contributed by atoms with van der Waals surface area (Å²) in [7, 11) is 1.51. The van der Waals surface area contributed by atoms with Crippen LogP contribution in [0, 0.1) is 0 Å². The van der Waals surface area contributed by atoms with Crippen LogP contribution in [0.15, 0.2) is 102 Å². The van der Waals surface area contributed by atoms with Gasteiger partial charge in [-0.1, -0.05) is 49.9 Å². The van der Waals surface area contributed by atoms with Crippen LogP contribution < -0.4 is 9.47 Å². The molecule has 10 heteroatoms. The minimum atomic E-state index is -0.670. The first-order valence-electron chi connectivity index (χ1n) is 16.2. The molecule has 0 aliphatic rings. The fraction of sp³-hybridized carbons (Fsp3) is 0.282. The number of esters is 2. The van der Waals surface area contributed by atoms with Gasteiger partial charge in [-0.2, -0.15) is 10.2 Å². The summed E-state index contributed by atoms with van der Waals surface area (Å²) in [6.45, 7) is 6.63. The molecule has 0 saturated heterocycles. The van der Waals surface area contributed by atoms with Crippen molar-refractivity contribution in [1.29, 1.82) is 0 Å². The van der Waals surface area contributed by atoms with Crippen molar-refractivity contribution in [2.24, 2.45) is 10.2 Å². The highest BCUT2D eigenvalue weighted by Crippen LogP contribution is 2.30. The molecule has 0 spiro atoms. The van der Waals surface area contributed by atoms with Crippen LogP contribution >= 0.6 is 0 Å². The van der Waals surface area contributed by atoms with Gasteiger partial charge in [0.2, 0.25) is 0 Å². The maximum atomic E-state index is 12.4. The largest absolute Gasteiger partial charge is 0.496 e. The number of unbranched alkanes of at least 4 members (excludes halogenated alkanes) is 3. The van der Waals surface area contributed by atoms with Gasteiger partial charge in [0.05, 0.1) is 39.4 Å². The fourth-order valence-electron chi connectivity index (χ4n) is 5.00. The van der Waals surface area contributed by atoms with Crippen LogP contribution in [-0.2, 0) is 19.2 Å². The monoisotopic (exact) mass is 666 g/mol. The summed E-state index contributed by atoms with van der Waals surface area (Å²) in [6.07, 6.45) is 8.06. The lowest BCUT2D eigenvalue weighted by atomic mass is 9.97. The van der Waals surface area contributed by atoms with Crippen LogP contribution in [0.1, 0.15) is 77.7 Å². The predicted molar refractivity (Wildman–Crippen MR) is 190 cm³/mol. The van der Waals surface area contributed by atoms with Gasteiger partial charge in [-0.3, -0.25) is 5.26 Å². The quantitative estimate of drug-likeness (QED) is 0.0266. The summed E-state index contributed by atoms with van der Waals surface area (Å²) in [5.74, 6) is 0.330.